The second-order valence-electron chi connectivity index (χ2n) is 25.7. The number of imide groups is 1. The number of hydrogen-bond donors (Lipinski definition) is 6. The van der Waals surface area contributed by atoms with Gasteiger partial charge in [-0.2, -0.15) is 0 Å². The number of carbonyl (C=O) groups is 10. The number of carbonyl (C=O) groups excluding carboxylic acids is 10. The number of ether oxygens (including phenoxy) is 3. The Morgan fingerprint density at radius 2 is 1.32 bits per heavy atom. The van der Waals surface area contributed by atoms with Crippen LogP contribution in [0.3, 0.4) is 0 Å². The Bertz CT molecular complexity index is 2860. The molecule has 0 aliphatic carbocycles. The maximum absolute atomic E-state index is 14.8. The summed E-state index contributed by atoms with van der Waals surface area (Å²) in [6.45, 7) is 20.6. The number of unbranched alkanes of at least 4 members (excludes halogenated alkanes) is 3. The van der Waals surface area contributed by atoms with E-state index in [2.05, 4.69) is 58.4 Å². The summed E-state index contributed by atoms with van der Waals surface area (Å²) in [5, 5.41) is 25.4. The van der Waals surface area contributed by atoms with E-state index in [1.54, 1.807) is 94.8 Å². The number of anilines is 1. The van der Waals surface area contributed by atoms with Gasteiger partial charge in [0.2, 0.25) is 41.4 Å². The molecule has 12 atom stereocenters. The Hall–Kier alpha value is -6.28. The lowest BCUT2D eigenvalue weighted by molar-refractivity contribution is -0.148. The first-order valence-electron chi connectivity index (χ1n) is 32.7. The molecular weight excluding hydrogens is 1330 g/mol. The van der Waals surface area contributed by atoms with Gasteiger partial charge >= 0.3 is 6.09 Å². The zero-order chi connectivity index (χ0) is 69.6. The average Bonchev–Trinajstić information content (AvgIpc) is 1.82. The first kappa shape index (κ1) is 79.2. The lowest BCUT2D eigenvalue weighted by atomic mass is 9.89. The molecule has 23 nitrogen and oxygen atoms in total. The van der Waals surface area contributed by atoms with Crippen molar-refractivity contribution in [2.24, 2.45) is 29.6 Å². The molecular formula is C68H103Br2N9O14. The highest BCUT2D eigenvalue weighted by Gasteiger charge is 2.44. The molecule has 2 aliphatic heterocycles. The first-order valence-corrected chi connectivity index (χ1v) is 34.3. The normalized spacial score (nSPS) is 17.8. The molecule has 6 N–H and O–H groups in total. The molecule has 10 amide bonds. The van der Waals surface area contributed by atoms with Gasteiger partial charge in [-0.15, -0.1) is 0 Å². The van der Waals surface area contributed by atoms with E-state index in [4.69, 9.17) is 14.2 Å². The molecule has 0 aromatic heterocycles. The van der Waals surface area contributed by atoms with E-state index >= 15 is 0 Å². The number of halogens is 2. The number of methoxy groups -OCH3 is 2. The smallest absolute Gasteiger partial charge is 0.410 e. The fourth-order valence-electron chi connectivity index (χ4n) is 12.0. The number of hydrogen-bond acceptors (Lipinski definition) is 14. The molecule has 518 valence electrons. The van der Waals surface area contributed by atoms with Crippen molar-refractivity contribution in [3.63, 3.8) is 0 Å². The van der Waals surface area contributed by atoms with Gasteiger partial charge in [0.05, 0.1) is 48.8 Å². The van der Waals surface area contributed by atoms with Crippen molar-refractivity contribution < 1.29 is 67.3 Å². The zero-order valence-electron chi connectivity index (χ0n) is 57.1. The van der Waals surface area contributed by atoms with Gasteiger partial charge in [-0.3, -0.25) is 53.0 Å². The number of aliphatic hydroxyl groups is 1. The molecule has 2 aliphatic rings. The number of rotatable bonds is 37. The van der Waals surface area contributed by atoms with Crippen LogP contribution in [0.15, 0.2) is 63.6 Å². The Morgan fingerprint density at radius 1 is 0.699 bits per heavy atom. The molecule has 4 rings (SSSR count). The van der Waals surface area contributed by atoms with Gasteiger partial charge in [0.1, 0.15) is 39.7 Å². The number of aliphatic hydroxyl groups excluding tert-OH is 1. The van der Waals surface area contributed by atoms with E-state index in [0.29, 0.717) is 74.7 Å². The lowest BCUT2D eigenvalue weighted by Crippen LogP contribution is -2.60. The highest BCUT2D eigenvalue weighted by atomic mass is 79.9. The van der Waals surface area contributed by atoms with Crippen molar-refractivity contribution in [3.8, 4) is 0 Å². The minimum atomic E-state index is -1.06. The third-order valence-corrected chi connectivity index (χ3v) is 19.8. The maximum atomic E-state index is 14.8. The van der Waals surface area contributed by atoms with Gasteiger partial charge in [-0.05, 0) is 118 Å². The summed E-state index contributed by atoms with van der Waals surface area (Å²) >= 11 is 6.23. The number of likely N-dealkylation sites (N-methyl/N-ethyl adjacent to an activating group) is 2. The SMILES string of the molecule is CCCC[C@H](NC(=O)[C@@H](NC(=O)CCCCCN1C(=O)C(Br)=C(Br)C1=O)C(C)C)C(=O)Nc1ccc(COC(=O)N(C)C(C(=O)NC(C(=O)N(C)C(C(CC(=O)N2CCCC2C(OC)[C@@H](C)C(=O)NC(C)C(O)c2ccccc2)OC)[C@@H](C)CC)C(C)C)C(C)C)cc1. The van der Waals surface area contributed by atoms with Crippen LogP contribution in [0.25, 0.3) is 0 Å². The van der Waals surface area contributed by atoms with E-state index in [9.17, 15) is 53.1 Å². The van der Waals surface area contributed by atoms with Gasteiger partial charge in [-0.25, -0.2) is 4.79 Å². The first-order chi connectivity index (χ1) is 43.9. The molecule has 93 heavy (non-hydrogen) atoms. The standard InChI is InChI=1S/C68H103Br2N9O14/c1-16-18-28-48(73-63(85)55(39(3)4)74-51(80)30-23-20-24-35-79-65(87)53(69)54(70)66(79)88)62(84)72-47-33-31-45(32-34-47)38-93-68(90)77(13)57(41(7)8)64(86)75-56(40(5)6)67(89)76(12)58(42(9)17-2)50(91-14)37-52(81)78-36-25-29-49(78)60(92-15)43(10)61(83)71-44(11)59(82)46-26-21-19-22-27-46/h19,21-22,26-27,31-34,39-44,48-50,55-60,82H,16-18,20,23-25,28-30,35-38H2,1-15H3,(H,71,83)(H,72,84)(H,73,85)(H,74,80)(H,75,86)/t42-,43+,44?,48-,49?,50?,55-,56?,57?,58?,59?,60?/m0/s1. The topological polar surface area (TPSA) is 292 Å². The second-order valence-corrected chi connectivity index (χ2v) is 27.3. The van der Waals surface area contributed by atoms with Gasteiger partial charge < -0.3 is 55.7 Å². The summed E-state index contributed by atoms with van der Waals surface area (Å²) in [6.07, 6.45) is 2.05. The van der Waals surface area contributed by atoms with Crippen molar-refractivity contribution in [1.82, 2.24) is 40.9 Å². The summed E-state index contributed by atoms with van der Waals surface area (Å²) in [7, 11) is 6.13. The maximum Gasteiger partial charge on any atom is 0.410 e. The third-order valence-electron chi connectivity index (χ3n) is 17.8. The minimum Gasteiger partial charge on any atom is -0.445 e. The second kappa shape index (κ2) is 38.3. The van der Waals surface area contributed by atoms with Crippen LogP contribution in [-0.4, -0.2) is 180 Å². The lowest BCUT2D eigenvalue weighted by Gasteiger charge is -2.41. The number of likely N-dealkylation sites (tertiary alicyclic amines) is 1. The molecule has 0 bridgehead atoms. The predicted octanol–water partition coefficient (Wildman–Crippen LogP) is 8.26. The molecule has 1 saturated heterocycles. The van der Waals surface area contributed by atoms with E-state index in [1.165, 1.54) is 26.2 Å². The quantitative estimate of drug-likeness (QED) is 0.0274. The van der Waals surface area contributed by atoms with E-state index in [1.807, 2.05) is 52.8 Å². The van der Waals surface area contributed by atoms with Gasteiger partial charge in [0, 0.05) is 53.5 Å². The van der Waals surface area contributed by atoms with Crippen LogP contribution in [-0.2, 0) is 64.0 Å². The summed E-state index contributed by atoms with van der Waals surface area (Å²) in [4.78, 5) is 142. The van der Waals surface area contributed by atoms with Crippen LogP contribution in [0.2, 0.25) is 0 Å². The van der Waals surface area contributed by atoms with Crippen LogP contribution >= 0.6 is 31.9 Å². The van der Waals surface area contributed by atoms with E-state index in [-0.39, 0.29) is 64.5 Å². The summed E-state index contributed by atoms with van der Waals surface area (Å²) in [6, 6.07) is 10.1. The summed E-state index contributed by atoms with van der Waals surface area (Å²) < 4.78 is 18.1. The molecule has 25 heteroatoms. The molecule has 0 saturated carbocycles. The van der Waals surface area contributed by atoms with Crippen molar-refractivity contribution in [1.29, 1.82) is 0 Å². The molecule has 8 unspecified atom stereocenters. The number of amides is 10. The fraction of sp³-hybridized carbons (Fsp3) is 0.647. The summed E-state index contributed by atoms with van der Waals surface area (Å²) in [5.74, 6) is -5.66. The van der Waals surface area contributed by atoms with Gasteiger partial charge in [0.15, 0.2) is 0 Å². The van der Waals surface area contributed by atoms with Crippen LogP contribution in [0.5, 0.6) is 0 Å². The molecule has 1 fully saturated rings. The van der Waals surface area contributed by atoms with Crippen LogP contribution in [0, 0.1) is 29.6 Å². The minimum absolute atomic E-state index is 0.0810. The molecule has 0 radical (unpaired) electrons. The summed E-state index contributed by atoms with van der Waals surface area (Å²) in [5.41, 5.74) is 1.66. The van der Waals surface area contributed by atoms with Crippen molar-refractivity contribution in [2.75, 3.05) is 46.7 Å². The highest BCUT2D eigenvalue weighted by molar-refractivity contribution is 9.14. The molecule has 2 aromatic carbocycles. The monoisotopic (exact) mass is 1430 g/mol. The highest BCUT2D eigenvalue weighted by Crippen LogP contribution is 2.32. The average molecular weight is 1430 g/mol. The van der Waals surface area contributed by atoms with Gasteiger partial charge in [-0.1, -0.05) is 137 Å². The zero-order valence-corrected chi connectivity index (χ0v) is 60.2. The fourth-order valence-corrected chi connectivity index (χ4v) is 12.8. The van der Waals surface area contributed by atoms with Crippen LogP contribution in [0.1, 0.15) is 164 Å². The predicted molar refractivity (Wildman–Crippen MR) is 362 cm³/mol. The molecule has 2 heterocycles. The van der Waals surface area contributed by atoms with E-state index in [0.717, 1.165) is 11.3 Å². The van der Waals surface area contributed by atoms with Gasteiger partial charge in [0.25, 0.3) is 11.8 Å². The Labute approximate surface area is 566 Å². The number of benzene rings is 2. The third kappa shape index (κ3) is 22.1. The number of nitrogens with one attached hydrogen (secondary N) is 5. The van der Waals surface area contributed by atoms with E-state index < -0.39 is 120 Å². The Kier molecular flexibility index (Phi) is 32.6. The largest absolute Gasteiger partial charge is 0.445 e. The van der Waals surface area contributed by atoms with Crippen LogP contribution in [0.4, 0.5) is 10.5 Å². The Balaban J connectivity index is 1.35. The van der Waals surface area contributed by atoms with Crippen molar-refractivity contribution in [3.05, 3.63) is 74.7 Å². The van der Waals surface area contributed by atoms with Crippen molar-refractivity contribution >= 4 is 96.8 Å². The number of nitrogens with zero attached hydrogens (tertiary/aromatic N) is 4. The van der Waals surface area contributed by atoms with Crippen molar-refractivity contribution in [2.45, 2.75) is 214 Å². The Morgan fingerprint density at radius 3 is 1.88 bits per heavy atom. The molecule has 2 aromatic rings. The molecule has 0 spiro atoms. The van der Waals surface area contributed by atoms with Crippen LogP contribution < -0.4 is 26.6 Å².